The molecule has 0 heterocycles. The van der Waals surface area contributed by atoms with Crippen LogP contribution in [0.4, 0.5) is 5.69 Å². The highest BCUT2D eigenvalue weighted by Gasteiger charge is 2.15. The third kappa shape index (κ3) is 3.42. The van der Waals surface area contributed by atoms with E-state index in [1.165, 1.54) is 0 Å². The lowest BCUT2D eigenvalue weighted by Gasteiger charge is -2.19. The molecular formula is C12H17ClN2O. The Morgan fingerprint density at radius 2 is 2.06 bits per heavy atom. The Morgan fingerprint density at radius 3 is 2.62 bits per heavy atom. The lowest BCUT2D eigenvalue weighted by molar-refractivity contribution is 0.0939. The van der Waals surface area contributed by atoms with Crippen LogP contribution in [-0.4, -0.2) is 12.5 Å². The van der Waals surface area contributed by atoms with Crippen LogP contribution < -0.4 is 11.1 Å². The molecule has 0 saturated heterocycles. The average Bonchev–Trinajstić information content (AvgIpc) is 2.17. The molecule has 0 bridgehead atoms. The van der Waals surface area contributed by atoms with Crippen LogP contribution in [0.2, 0.25) is 5.02 Å². The van der Waals surface area contributed by atoms with E-state index in [0.717, 1.165) is 0 Å². The highest BCUT2D eigenvalue weighted by molar-refractivity contribution is 6.36. The van der Waals surface area contributed by atoms with Crippen molar-refractivity contribution in [2.45, 2.75) is 20.8 Å². The summed E-state index contributed by atoms with van der Waals surface area (Å²) in [4.78, 5) is 11.8. The number of rotatable bonds is 2. The first-order chi connectivity index (χ1) is 7.31. The molecule has 16 heavy (non-hydrogen) atoms. The molecule has 1 aromatic carbocycles. The molecule has 0 spiro atoms. The molecule has 1 rings (SSSR count). The molecule has 0 aliphatic carbocycles. The largest absolute Gasteiger partial charge is 0.398 e. The highest BCUT2D eigenvalue weighted by Crippen LogP contribution is 2.23. The minimum Gasteiger partial charge on any atom is -0.398 e. The van der Waals surface area contributed by atoms with Gasteiger partial charge in [0.1, 0.15) is 0 Å². The van der Waals surface area contributed by atoms with Gasteiger partial charge in [-0.1, -0.05) is 38.4 Å². The first-order valence-corrected chi connectivity index (χ1v) is 5.51. The van der Waals surface area contributed by atoms with Crippen LogP contribution in [0.5, 0.6) is 0 Å². The number of nitrogen functional groups attached to an aromatic ring is 1. The van der Waals surface area contributed by atoms with Crippen molar-refractivity contribution in [3.63, 3.8) is 0 Å². The molecule has 0 unspecified atom stereocenters. The first kappa shape index (κ1) is 12.8. The Morgan fingerprint density at radius 1 is 1.44 bits per heavy atom. The van der Waals surface area contributed by atoms with Gasteiger partial charge < -0.3 is 11.1 Å². The highest BCUT2D eigenvalue weighted by atomic mass is 35.5. The average molecular weight is 241 g/mol. The van der Waals surface area contributed by atoms with Gasteiger partial charge >= 0.3 is 0 Å². The Balaban J connectivity index is 2.78. The summed E-state index contributed by atoms with van der Waals surface area (Å²) >= 11 is 5.95. The smallest absolute Gasteiger partial charge is 0.252 e. The molecule has 3 nitrogen and oxygen atoms in total. The van der Waals surface area contributed by atoms with Crippen molar-refractivity contribution < 1.29 is 4.79 Å². The van der Waals surface area contributed by atoms with Gasteiger partial charge in [0.05, 0.1) is 16.3 Å². The van der Waals surface area contributed by atoms with E-state index < -0.39 is 0 Å². The Hall–Kier alpha value is -1.22. The number of nitrogens with one attached hydrogen (secondary N) is 1. The molecule has 0 aliphatic heterocycles. The van der Waals surface area contributed by atoms with Crippen molar-refractivity contribution >= 4 is 23.2 Å². The van der Waals surface area contributed by atoms with Gasteiger partial charge in [-0.3, -0.25) is 4.79 Å². The Bertz CT molecular complexity index is 396. The predicted molar refractivity (Wildman–Crippen MR) is 67.7 cm³/mol. The van der Waals surface area contributed by atoms with Crippen LogP contribution in [0.15, 0.2) is 18.2 Å². The monoisotopic (exact) mass is 240 g/mol. The fourth-order valence-corrected chi connectivity index (χ4v) is 1.38. The number of carbonyl (C=O) groups excluding carboxylic acids is 1. The van der Waals surface area contributed by atoms with Crippen LogP contribution >= 0.6 is 11.6 Å². The summed E-state index contributed by atoms with van der Waals surface area (Å²) in [6.45, 7) is 6.74. The van der Waals surface area contributed by atoms with Crippen LogP contribution in [-0.2, 0) is 0 Å². The number of anilines is 1. The van der Waals surface area contributed by atoms with E-state index in [2.05, 4.69) is 5.32 Å². The van der Waals surface area contributed by atoms with Crippen molar-refractivity contribution in [3.8, 4) is 0 Å². The molecule has 0 aliphatic rings. The number of carbonyl (C=O) groups is 1. The number of halogens is 1. The first-order valence-electron chi connectivity index (χ1n) is 5.13. The summed E-state index contributed by atoms with van der Waals surface area (Å²) < 4.78 is 0. The van der Waals surface area contributed by atoms with Crippen LogP contribution in [0.25, 0.3) is 0 Å². The van der Waals surface area contributed by atoms with Crippen molar-refractivity contribution in [3.05, 3.63) is 28.8 Å². The van der Waals surface area contributed by atoms with E-state index in [1.807, 2.05) is 20.8 Å². The molecular weight excluding hydrogens is 224 g/mol. The van der Waals surface area contributed by atoms with E-state index in [-0.39, 0.29) is 11.3 Å². The van der Waals surface area contributed by atoms with Gasteiger partial charge in [0, 0.05) is 6.54 Å². The second kappa shape index (κ2) is 4.74. The number of hydrogen-bond donors (Lipinski definition) is 2. The molecule has 0 saturated carbocycles. The summed E-state index contributed by atoms with van der Waals surface area (Å²) in [5.74, 6) is -0.188. The zero-order chi connectivity index (χ0) is 12.3. The number of benzene rings is 1. The van der Waals surface area contributed by atoms with Gasteiger partial charge in [0.15, 0.2) is 0 Å². The summed E-state index contributed by atoms with van der Waals surface area (Å²) in [6.07, 6.45) is 0. The molecule has 88 valence electrons. The zero-order valence-electron chi connectivity index (χ0n) is 9.80. The van der Waals surface area contributed by atoms with Crippen LogP contribution in [0.3, 0.4) is 0 Å². The topological polar surface area (TPSA) is 55.1 Å². The van der Waals surface area contributed by atoms with Crippen molar-refractivity contribution in [1.29, 1.82) is 0 Å². The Labute approximate surface area is 101 Å². The fourth-order valence-electron chi connectivity index (χ4n) is 1.17. The number of amides is 1. The van der Waals surface area contributed by atoms with Crippen molar-refractivity contribution in [1.82, 2.24) is 5.32 Å². The minimum atomic E-state index is -0.188. The fraction of sp³-hybridized carbons (Fsp3) is 0.417. The number of hydrogen-bond acceptors (Lipinski definition) is 2. The van der Waals surface area contributed by atoms with Crippen LogP contribution in [0, 0.1) is 5.41 Å². The maximum atomic E-state index is 11.8. The standard InChI is InChI=1S/C12H17ClN2O/c1-12(2,3)7-15-11(16)8-5-4-6-9(14)10(8)13/h4-6H,7,14H2,1-3H3,(H,15,16). The van der Waals surface area contributed by atoms with Crippen molar-refractivity contribution in [2.24, 2.45) is 5.41 Å². The lowest BCUT2D eigenvalue weighted by Crippen LogP contribution is -2.32. The molecule has 0 atom stereocenters. The van der Waals surface area contributed by atoms with Gasteiger partial charge in [-0.05, 0) is 17.5 Å². The second-order valence-corrected chi connectivity index (χ2v) is 5.33. The molecule has 1 aromatic rings. The van der Waals surface area contributed by atoms with Crippen LogP contribution in [0.1, 0.15) is 31.1 Å². The second-order valence-electron chi connectivity index (χ2n) is 4.95. The van der Waals surface area contributed by atoms with Gasteiger partial charge in [-0.15, -0.1) is 0 Å². The van der Waals surface area contributed by atoms with Gasteiger partial charge in [-0.25, -0.2) is 0 Å². The quantitative estimate of drug-likeness (QED) is 0.781. The zero-order valence-corrected chi connectivity index (χ0v) is 10.6. The summed E-state index contributed by atoms with van der Waals surface area (Å²) in [5, 5.41) is 3.14. The molecule has 0 radical (unpaired) electrons. The van der Waals surface area contributed by atoms with Gasteiger partial charge in [0.2, 0.25) is 0 Å². The van der Waals surface area contributed by atoms with E-state index in [9.17, 15) is 4.79 Å². The minimum absolute atomic E-state index is 0.0441. The normalized spacial score (nSPS) is 11.2. The van der Waals surface area contributed by atoms with E-state index in [0.29, 0.717) is 22.8 Å². The van der Waals surface area contributed by atoms with E-state index in [1.54, 1.807) is 18.2 Å². The third-order valence-corrected chi connectivity index (χ3v) is 2.47. The van der Waals surface area contributed by atoms with Gasteiger partial charge in [-0.2, -0.15) is 0 Å². The SMILES string of the molecule is CC(C)(C)CNC(=O)c1cccc(N)c1Cl. The molecule has 0 aromatic heterocycles. The third-order valence-electron chi connectivity index (χ3n) is 2.05. The Kier molecular flexibility index (Phi) is 3.81. The molecule has 0 fully saturated rings. The predicted octanol–water partition coefficient (Wildman–Crippen LogP) is 2.70. The molecule has 4 heteroatoms. The number of nitrogens with two attached hydrogens (primary N) is 1. The van der Waals surface area contributed by atoms with E-state index >= 15 is 0 Å². The van der Waals surface area contributed by atoms with Crippen molar-refractivity contribution in [2.75, 3.05) is 12.3 Å². The lowest BCUT2D eigenvalue weighted by atomic mass is 9.97. The summed E-state index contributed by atoms with van der Waals surface area (Å²) in [6, 6.07) is 5.05. The molecule has 1 amide bonds. The van der Waals surface area contributed by atoms with Gasteiger partial charge in [0.25, 0.3) is 5.91 Å². The molecule has 3 N–H and O–H groups in total. The maximum absolute atomic E-state index is 11.8. The maximum Gasteiger partial charge on any atom is 0.252 e. The summed E-state index contributed by atoms with van der Waals surface area (Å²) in [5.41, 5.74) is 6.52. The summed E-state index contributed by atoms with van der Waals surface area (Å²) in [7, 11) is 0. The van der Waals surface area contributed by atoms with E-state index in [4.69, 9.17) is 17.3 Å².